The summed E-state index contributed by atoms with van der Waals surface area (Å²) in [4.78, 5) is 5.89. The predicted molar refractivity (Wildman–Crippen MR) is 46.0 cm³/mol. The molecule has 1 aromatic heterocycles. The van der Waals surface area contributed by atoms with Gasteiger partial charge in [0.05, 0.1) is 5.69 Å². The predicted octanol–water partition coefficient (Wildman–Crippen LogP) is 2.35. The van der Waals surface area contributed by atoms with Crippen molar-refractivity contribution in [2.75, 3.05) is 0 Å². The number of thioether (sulfide) groups is 1. The van der Waals surface area contributed by atoms with Crippen molar-refractivity contribution in [1.29, 1.82) is 0 Å². The van der Waals surface area contributed by atoms with Gasteiger partial charge in [0, 0.05) is 22.3 Å². The number of aryl methyl sites for hydroxylation is 1. The van der Waals surface area contributed by atoms with Gasteiger partial charge in [-0.1, -0.05) is 0 Å². The summed E-state index contributed by atoms with van der Waals surface area (Å²) in [5.74, 6) is 0.815. The lowest BCUT2D eigenvalue weighted by atomic mass is 10.2. The second-order valence-electron chi connectivity index (χ2n) is 3.34. The summed E-state index contributed by atoms with van der Waals surface area (Å²) in [6, 6.07) is 2.11. The molecule has 56 valence electrons. The number of rotatable bonds is 0. The minimum absolute atomic E-state index is 0.815. The van der Waals surface area contributed by atoms with E-state index in [9.17, 15) is 0 Å². The highest BCUT2D eigenvalue weighted by Crippen LogP contribution is 2.60. The first-order valence-corrected chi connectivity index (χ1v) is 4.86. The van der Waals surface area contributed by atoms with Crippen LogP contribution in [0.3, 0.4) is 0 Å². The van der Waals surface area contributed by atoms with Crippen molar-refractivity contribution in [3.8, 4) is 0 Å². The lowest BCUT2D eigenvalue weighted by Crippen LogP contribution is -1.88. The number of aromatic nitrogens is 1. The van der Waals surface area contributed by atoms with Crippen LogP contribution in [0, 0.1) is 6.92 Å². The Morgan fingerprint density at radius 2 is 2.55 bits per heavy atom. The molecule has 0 N–H and O–H groups in total. The molecule has 0 spiro atoms. The Morgan fingerprint density at radius 1 is 1.64 bits per heavy atom. The van der Waals surface area contributed by atoms with Gasteiger partial charge in [0.25, 0.3) is 0 Å². The monoisotopic (exact) mass is 163 g/mol. The van der Waals surface area contributed by atoms with E-state index in [0.29, 0.717) is 0 Å². The summed E-state index contributed by atoms with van der Waals surface area (Å²) >= 11 is 2.03. The first kappa shape index (κ1) is 6.06. The van der Waals surface area contributed by atoms with E-state index in [0.717, 1.165) is 11.2 Å². The topological polar surface area (TPSA) is 12.9 Å². The minimum Gasteiger partial charge on any atom is -0.260 e. The van der Waals surface area contributed by atoms with Crippen molar-refractivity contribution >= 4 is 11.8 Å². The average Bonchev–Trinajstić information content (AvgIpc) is 2.67. The van der Waals surface area contributed by atoms with Crippen molar-refractivity contribution in [3.05, 3.63) is 23.5 Å². The van der Waals surface area contributed by atoms with Gasteiger partial charge in [-0.15, -0.1) is 11.8 Å². The van der Waals surface area contributed by atoms with Gasteiger partial charge in [-0.25, -0.2) is 0 Å². The number of fused-ring (bicyclic) bond motifs is 3. The maximum atomic E-state index is 4.42. The molecular weight excluding hydrogens is 154 g/mol. The third kappa shape index (κ3) is 0.707. The highest BCUT2D eigenvalue weighted by molar-refractivity contribution is 8.00. The molecule has 1 fully saturated rings. The van der Waals surface area contributed by atoms with E-state index in [2.05, 4.69) is 18.0 Å². The Morgan fingerprint density at radius 3 is 3.36 bits per heavy atom. The van der Waals surface area contributed by atoms with Gasteiger partial charge in [-0.05, 0) is 25.0 Å². The molecule has 11 heavy (non-hydrogen) atoms. The van der Waals surface area contributed by atoms with Crippen molar-refractivity contribution in [3.63, 3.8) is 0 Å². The van der Waals surface area contributed by atoms with E-state index in [4.69, 9.17) is 0 Å². The number of nitrogens with zero attached hydrogens (tertiary/aromatic N) is 1. The zero-order valence-corrected chi connectivity index (χ0v) is 7.19. The zero-order valence-electron chi connectivity index (χ0n) is 6.37. The quantitative estimate of drug-likeness (QED) is 0.582. The SMILES string of the molecule is Cc1ccnc2c1SC1CC21. The van der Waals surface area contributed by atoms with Crippen LogP contribution in [0.25, 0.3) is 0 Å². The smallest absolute Gasteiger partial charge is 0.0584 e. The Balaban J connectivity index is 2.24. The van der Waals surface area contributed by atoms with Crippen LogP contribution in [0.2, 0.25) is 0 Å². The third-order valence-corrected chi connectivity index (χ3v) is 4.07. The van der Waals surface area contributed by atoms with Gasteiger partial charge in [0.2, 0.25) is 0 Å². The second kappa shape index (κ2) is 1.81. The molecule has 2 aliphatic rings. The van der Waals surface area contributed by atoms with E-state index < -0.39 is 0 Å². The Bertz CT molecular complexity index is 321. The number of hydrogen-bond donors (Lipinski definition) is 0. The summed E-state index contributed by atoms with van der Waals surface area (Å²) in [6.07, 6.45) is 3.31. The maximum absolute atomic E-state index is 4.42. The Labute approximate surface area is 70.2 Å². The molecule has 2 heterocycles. The summed E-state index contributed by atoms with van der Waals surface area (Å²) in [6.45, 7) is 2.18. The van der Waals surface area contributed by atoms with Crippen LogP contribution in [-0.2, 0) is 0 Å². The van der Waals surface area contributed by atoms with Crippen LogP contribution >= 0.6 is 11.8 Å². The van der Waals surface area contributed by atoms with Crippen LogP contribution in [0.15, 0.2) is 17.2 Å². The van der Waals surface area contributed by atoms with Gasteiger partial charge in [-0.2, -0.15) is 0 Å². The molecule has 0 amide bonds. The average molecular weight is 163 g/mol. The van der Waals surface area contributed by atoms with Gasteiger partial charge in [-0.3, -0.25) is 4.98 Å². The number of hydrogen-bond acceptors (Lipinski definition) is 2. The lowest BCUT2D eigenvalue weighted by molar-refractivity contribution is 0.974. The van der Waals surface area contributed by atoms with Crippen molar-refractivity contribution in [1.82, 2.24) is 4.98 Å². The second-order valence-corrected chi connectivity index (χ2v) is 4.59. The standard InChI is InChI=1S/C9H9NS/c1-5-2-3-10-8-6-4-7(6)11-9(5)8/h2-3,6-7H,4H2,1H3. The van der Waals surface area contributed by atoms with E-state index in [1.54, 1.807) is 0 Å². The van der Waals surface area contributed by atoms with Gasteiger partial charge < -0.3 is 0 Å². The molecule has 1 aliphatic heterocycles. The van der Waals surface area contributed by atoms with Crippen LogP contribution in [0.1, 0.15) is 23.6 Å². The summed E-state index contributed by atoms with van der Waals surface area (Å²) < 4.78 is 0. The molecule has 1 aromatic rings. The van der Waals surface area contributed by atoms with Crippen LogP contribution in [0.5, 0.6) is 0 Å². The van der Waals surface area contributed by atoms with Gasteiger partial charge in [0.1, 0.15) is 0 Å². The fourth-order valence-corrected chi connectivity index (χ4v) is 3.20. The minimum atomic E-state index is 0.815. The van der Waals surface area contributed by atoms with Gasteiger partial charge >= 0.3 is 0 Å². The molecule has 2 atom stereocenters. The van der Waals surface area contributed by atoms with E-state index in [-0.39, 0.29) is 0 Å². The first-order valence-electron chi connectivity index (χ1n) is 3.98. The zero-order chi connectivity index (χ0) is 7.42. The van der Waals surface area contributed by atoms with E-state index in [1.165, 1.54) is 22.6 Å². The summed E-state index contributed by atoms with van der Waals surface area (Å²) in [5.41, 5.74) is 2.78. The lowest BCUT2D eigenvalue weighted by Gasteiger charge is -2.02. The highest BCUT2D eigenvalue weighted by atomic mass is 32.2. The molecule has 1 saturated carbocycles. The molecule has 2 unspecified atom stereocenters. The number of pyridine rings is 1. The molecular formula is C9H9NS. The molecule has 0 bridgehead atoms. The molecule has 0 radical (unpaired) electrons. The summed E-state index contributed by atoms with van der Waals surface area (Å²) in [5, 5.41) is 0.888. The van der Waals surface area contributed by atoms with Crippen LogP contribution < -0.4 is 0 Å². The van der Waals surface area contributed by atoms with Gasteiger partial charge in [0.15, 0.2) is 0 Å². The van der Waals surface area contributed by atoms with E-state index in [1.807, 2.05) is 18.0 Å². The fraction of sp³-hybridized carbons (Fsp3) is 0.444. The normalized spacial score (nSPS) is 31.4. The molecule has 3 rings (SSSR count). The van der Waals surface area contributed by atoms with Crippen molar-refractivity contribution in [2.45, 2.75) is 29.4 Å². The summed E-state index contributed by atoms with van der Waals surface area (Å²) in [7, 11) is 0. The molecule has 2 heteroatoms. The van der Waals surface area contributed by atoms with Crippen molar-refractivity contribution < 1.29 is 0 Å². The molecule has 1 nitrogen and oxygen atoms in total. The Hall–Kier alpha value is -0.500. The van der Waals surface area contributed by atoms with Crippen LogP contribution in [0.4, 0.5) is 0 Å². The molecule has 0 saturated heterocycles. The maximum Gasteiger partial charge on any atom is 0.0584 e. The van der Waals surface area contributed by atoms with E-state index >= 15 is 0 Å². The molecule has 1 aliphatic carbocycles. The third-order valence-electron chi connectivity index (χ3n) is 2.48. The largest absolute Gasteiger partial charge is 0.260 e. The fourth-order valence-electron chi connectivity index (χ4n) is 1.72. The Kier molecular flexibility index (Phi) is 0.995. The first-order chi connectivity index (χ1) is 5.36. The molecule has 0 aromatic carbocycles. The van der Waals surface area contributed by atoms with Crippen molar-refractivity contribution in [2.24, 2.45) is 0 Å². The van der Waals surface area contributed by atoms with Crippen LogP contribution in [-0.4, -0.2) is 10.2 Å². The highest BCUT2D eigenvalue weighted by Gasteiger charge is 2.47.